The number of anilines is 1. The Morgan fingerprint density at radius 1 is 1.30 bits per heavy atom. The molecule has 0 radical (unpaired) electrons. The summed E-state index contributed by atoms with van der Waals surface area (Å²) in [4.78, 5) is 37.2. The molecule has 1 fully saturated rings. The quantitative estimate of drug-likeness (QED) is 0.551. The highest BCUT2D eigenvalue weighted by Gasteiger charge is 2.36. The summed E-state index contributed by atoms with van der Waals surface area (Å²) >= 11 is 1.37. The van der Waals surface area contributed by atoms with Crippen LogP contribution < -0.4 is 5.32 Å². The first-order valence-electron chi connectivity index (χ1n) is 10.6. The van der Waals surface area contributed by atoms with Gasteiger partial charge in [0, 0.05) is 13.1 Å². The van der Waals surface area contributed by atoms with Gasteiger partial charge in [-0.25, -0.2) is 14.8 Å². The van der Waals surface area contributed by atoms with E-state index in [-0.39, 0.29) is 11.9 Å². The van der Waals surface area contributed by atoms with Crippen molar-refractivity contribution in [2.45, 2.75) is 57.9 Å². The number of amides is 1. The molecule has 1 saturated heterocycles. The van der Waals surface area contributed by atoms with Gasteiger partial charge in [0.05, 0.1) is 17.4 Å². The van der Waals surface area contributed by atoms with E-state index in [9.17, 15) is 9.59 Å². The number of likely N-dealkylation sites (tertiary alicyclic amines) is 1. The number of fused-ring (bicyclic) bond motifs is 1. The highest BCUT2D eigenvalue weighted by atomic mass is 32.1. The van der Waals surface area contributed by atoms with Gasteiger partial charge in [-0.1, -0.05) is 11.6 Å². The Hall–Kier alpha value is -2.48. The van der Waals surface area contributed by atoms with Gasteiger partial charge in [-0.15, -0.1) is 11.3 Å². The second-order valence-corrected chi connectivity index (χ2v) is 8.92. The zero-order valence-corrected chi connectivity index (χ0v) is 18.4. The van der Waals surface area contributed by atoms with Crippen LogP contribution in [0.3, 0.4) is 0 Å². The summed E-state index contributed by atoms with van der Waals surface area (Å²) in [6.07, 6.45) is 11.3. The lowest BCUT2D eigenvalue weighted by atomic mass is 9.97. The van der Waals surface area contributed by atoms with E-state index in [4.69, 9.17) is 4.74 Å². The number of carbonyl (C=O) groups is 2. The molecule has 3 heterocycles. The largest absolute Gasteiger partial charge is 0.467 e. The van der Waals surface area contributed by atoms with Crippen LogP contribution in [0.1, 0.15) is 60.2 Å². The smallest absolute Gasteiger partial charge is 0.328 e. The van der Waals surface area contributed by atoms with Gasteiger partial charge in [-0.05, 0) is 57.4 Å². The molecule has 0 bridgehead atoms. The number of ether oxygens (including phenoxy) is 1. The first kappa shape index (κ1) is 20.8. The van der Waals surface area contributed by atoms with E-state index in [2.05, 4.69) is 21.4 Å². The fraction of sp³-hybridized carbons (Fsp3) is 0.545. The average molecular weight is 429 g/mol. The fourth-order valence-electron chi connectivity index (χ4n) is 4.40. The maximum atomic E-state index is 13.3. The predicted octanol–water partition coefficient (Wildman–Crippen LogP) is 4.08. The van der Waals surface area contributed by atoms with Crippen LogP contribution >= 0.6 is 11.3 Å². The van der Waals surface area contributed by atoms with Crippen LogP contribution in [-0.2, 0) is 9.53 Å². The molecule has 1 atom stereocenters. The van der Waals surface area contributed by atoms with Crippen LogP contribution in [0.25, 0.3) is 10.2 Å². The molecule has 1 amide bonds. The summed E-state index contributed by atoms with van der Waals surface area (Å²) in [6.45, 7) is 3.32. The molecule has 2 aliphatic rings. The zero-order chi connectivity index (χ0) is 21.1. The number of hydrogen-bond acceptors (Lipinski definition) is 7. The molecule has 0 aromatic carbocycles. The number of esters is 1. The topological polar surface area (TPSA) is 84.4 Å². The first-order valence-corrected chi connectivity index (χ1v) is 11.5. The number of aromatic nitrogens is 2. The van der Waals surface area contributed by atoms with Crippen LogP contribution in [0.5, 0.6) is 0 Å². The molecule has 160 valence electrons. The molecule has 2 aromatic rings. The first-order chi connectivity index (χ1) is 14.6. The zero-order valence-electron chi connectivity index (χ0n) is 17.6. The van der Waals surface area contributed by atoms with E-state index in [0.29, 0.717) is 17.8 Å². The number of allylic oxidation sites excluding steroid dienone is 1. The molecule has 1 aliphatic heterocycles. The Balaban J connectivity index is 1.55. The molecule has 1 N–H and O–H groups in total. The van der Waals surface area contributed by atoms with Crippen molar-refractivity contribution in [3.63, 3.8) is 0 Å². The van der Waals surface area contributed by atoms with Gasteiger partial charge in [-0.2, -0.15) is 0 Å². The summed E-state index contributed by atoms with van der Waals surface area (Å²) in [6, 6.07) is -0.500. The van der Waals surface area contributed by atoms with Gasteiger partial charge >= 0.3 is 5.97 Å². The Morgan fingerprint density at radius 2 is 2.17 bits per heavy atom. The van der Waals surface area contributed by atoms with Crippen molar-refractivity contribution in [2.24, 2.45) is 0 Å². The van der Waals surface area contributed by atoms with Crippen molar-refractivity contribution < 1.29 is 14.3 Å². The molecule has 0 spiro atoms. The maximum Gasteiger partial charge on any atom is 0.328 e. The van der Waals surface area contributed by atoms with Gasteiger partial charge < -0.3 is 15.0 Å². The molecule has 2 aromatic heterocycles. The van der Waals surface area contributed by atoms with E-state index in [1.807, 2.05) is 6.92 Å². The number of carbonyl (C=O) groups excluding carboxylic acids is 2. The standard InChI is InChI=1S/C22H28N4O3S/c1-14-17-19(23-11-10-15-7-4-3-5-8-15)24-13-25-20(17)30-18(14)21(27)26-12-6-9-16(26)22(28)29-2/h7,13,16H,3-6,8-12H2,1-2H3,(H,23,24,25)/t16-/m0/s1. The third kappa shape index (κ3) is 4.05. The van der Waals surface area contributed by atoms with Gasteiger partial charge in [0.25, 0.3) is 5.91 Å². The minimum atomic E-state index is -0.500. The van der Waals surface area contributed by atoms with Gasteiger partial charge in [-0.3, -0.25) is 4.79 Å². The van der Waals surface area contributed by atoms with Gasteiger partial charge in [0.1, 0.15) is 23.0 Å². The third-order valence-electron chi connectivity index (χ3n) is 6.03. The van der Waals surface area contributed by atoms with Crippen molar-refractivity contribution in [3.05, 3.63) is 28.4 Å². The van der Waals surface area contributed by atoms with Crippen LogP contribution in [0.15, 0.2) is 18.0 Å². The van der Waals surface area contributed by atoms with E-state index < -0.39 is 6.04 Å². The van der Waals surface area contributed by atoms with Crippen molar-refractivity contribution in [2.75, 3.05) is 25.5 Å². The van der Waals surface area contributed by atoms with E-state index in [0.717, 1.165) is 41.0 Å². The van der Waals surface area contributed by atoms with Crippen LogP contribution in [0.2, 0.25) is 0 Å². The van der Waals surface area contributed by atoms with E-state index in [1.54, 1.807) is 11.2 Å². The molecule has 4 rings (SSSR count). The number of methoxy groups -OCH3 is 1. The average Bonchev–Trinajstić information content (AvgIpc) is 3.39. The Kier molecular flexibility index (Phi) is 6.32. The summed E-state index contributed by atoms with van der Waals surface area (Å²) in [5, 5.41) is 4.35. The lowest BCUT2D eigenvalue weighted by molar-refractivity contribution is -0.145. The number of rotatable bonds is 6. The Bertz CT molecular complexity index is 984. The molecular formula is C22H28N4O3S. The minimum Gasteiger partial charge on any atom is -0.467 e. The second kappa shape index (κ2) is 9.12. The highest BCUT2D eigenvalue weighted by Crippen LogP contribution is 2.35. The van der Waals surface area contributed by atoms with Gasteiger partial charge in [0.15, 0.2) is 0 Å². The van der Waals surface area contributed by atoms with Crippen molar-refractivity contribution in [1.82, 2.24) is 14.9 Å². The second-order valence-electron chi connectivity index (χ2n) is 7.92. The molecule has 0 saturated carbocycles. The summed E-state index contributed by atoms with van der Waals surface area (Å²) in [5.74, 6) is 0.302. The lowest BCUT2D eigenvalue weighted by Crippen LogP contribution is -2.41. The molecule has 30 heavy (non-hydrogen) atoms. The normalized spacial score (nSPS) is 19.1. The molecule has 0 unspecified atom stereocenters. The van der Waals surface area contributed by atoms with Crippen LogP contribution in [0, 0.1) is 6.92 Å². The van der Waals surface area contributed by atoms with Crippen molar-refractivity contribution in [1.29, 1.82) is 0 Å². The highest BCUT2D eigenvalue weighted by molar-refractivity contribution is 7.20. The van der Waals surface area contributed by atoms with Crippen molar-refractivity contribution >= 4 is 39.2 Å². The lowest BCUT2D eigenvalue weighted by Gasteiger charge is -2.22. The SMILES string of the molecule is COC(=O)[C@@H]1CCCN1C(=O)c1sc2ncnc(NCCC3=CCCCC3)c2c1C. The molecular weight excluding hydrogens is 400 g/mol. The minimum absolute atomic E-state index is 0.123. The van der Waals surface area contributed by atoms with Crippen LogP contribution in [0.4, 0.5) is 5.82 Å². The number of hydrogen-bond donors (Lipinski definition) is 1. The number of thiophene rings is 1. The molecule has 1 aliphatic carbocycles. The van der Waals surface area contributed by atoms with E-state index in [1.165, 1.54) is 49.7 Å². The molecule has 7 nitrogen and oxygen atoms in total. The maximum absolute atomic E-state index is 13.3. The van der Waals surface area contributed by atoms with Crippen LogP contribution in [-0.4, -0.2) is 53.0 Å². The Morgan fingerprint density at radius 3 is 2.93 bits per heavy atom. The third-order valence-corrected chi connectivity index (χ3v) is 7.22. The number of aryl methyl sites for hydroxylation is 1. The summed E-state index contributed by atoms with van der Waals surface area (Å²) in [7, 11) is 1.37. The van der Waals surface area contributed by atoms with E-state index >= 15 is 0 Å². The van der Waals surface area contributed by atoms with Gasteiger partial charge in [0.2, 0.25) is 0 Å². The number of nitrogens with one attached hydrogen (secondary N) is 1. The summed E-state index contributed by atoms with van der Waals surface area (Å²) in [5.41, 5.74) is 2.38. The monoisotopic (exact) mass is 428 g/mol. The van der Waals surface area contributed by atoms with Crippen molar-refractivity contribution in [3.8, 4) is 0 Å². The summed E-state index contributed by atoms with van der Waals surface area (Å²) < 4.78 is 4.89. The Labute approximate surface area is 180 Å². The number of nitrogens with zero attached hydrogens (tertiary/aromatic N) is 3. The predicted molar refractivity (Wildman–Crippen MR) is 118 cm³/mol. The fourth-order valence-corrected chi connectivity index (χ4v) is 5.51. The molecule has 8 heteroatoms.